The van der Waals surface area contributed by atoms with Crippen LogP contribution in [0.3, 0.4) is 0 Å². The van der Waals surface area contributed by atoms with Crippen LogP contribution in [0.15, 0.2) is 48.5 Å². The molecule has 26 heavy (non-hydrogen) atoms. The molecular formula is C21H23N3OS. The highest BCUT2D eigenvalue weighted by atomic mass is 32.1. The van der Waals surface area contributed by atoms with Crippen molar-refractivity contribution in [1.29, 1.82) is 0 Å². The molecule has 0 unspecified atom stereocenters. The maximum absolute atomic E-state index is 12.4. The van der Waals surface area contributed by atoms with Crippen LogP contribution < -0.4 is 10.6 Å². The van der Waals surface area contributed by atoms with Crippen LogP contribution in [-0.2, 0) is 11.2 Å². The Labute approximate surface area is 157 Å². The summed E-state index contributed by atoms with van der Waals surface area (Å²) in [5.74, 6) is 0.242. The van der Waals surface area contributed by atoms with Crippen molar-refractivity contribution >= 4 is 33.1 Å². The third-order valence-corrected chi connectivity index (χ3v) is 5.95. The highest BCUT2D eigenvalue weighted by Crippen LogP contribution is 2.24. The molecule has 0 saturated carbocycles. The lowest BCUT2D eigenvalue weighted by Crippen LogP contribution is -2.40. The summed E-state index contributed by atoms with van der Waals surface area (Å²) in [6.07, 6.45) is 2.63. The molecule has 1 fully saturated rings. The van der Waals surface area contributed by atoms with E-state index < -0.39 is 0 Å². The van der Waals surface area contributed by atoms with Gasteiger partial charge >= 0.3 is 0 Å². The van der Waals surface area contributed by atoms with E-state index in [1.165, 1.54) is 10.3 Å². The number of aromatic nitrogens is 1. The summed E-state index contributed by atoms with van der Waals surface area (Å²) < 4.78 is 1.22. The Kier molecular flexibility index (Phi) is 5.00. The molecule has 1 amide bonds. The number of nitrogens with zero attached hydrogens (tertiary/aromatic N) is 1. The first kappa shape index (κ1) is 17.2. The Bertz CT molecular complexity index is 870. The Balaban J connectivity index is 1.39. The number of nitrogens with one attached hydrogen (secondary N) is 2. The molecule has 2 N–H and O–H groups in total. The molecule has 1 saturated heterocycles. The van der Waals surface area contributed by atoms with Gasteiger partial charge in [0.25, 0.3) is 0 Å². The lowest BCUT2D eigenvalue weighted by molar-refractivity contribution is -0.120. The standard InChI is InChI=1S/C21H23N3OS/c1-14-12-16(10-11-22-14)21(25)23-17-8-6-15(7-9-17)13-20-24-18-4-2-3-5-19(18)26-20/h2-9,14,16,22H,10-13H2,1H3,(H,23,25)/t14-,16-/m0/s1. The van der Waals surface area contributed by atoms with Crippen LogP contribution >= 0.6 is 11.3 Å². The van der Waals surface area contributed by atoms with Crippen LogP contribution in [0.1, 0.15) is 30.3 Å². The van der Waals surface area contributed by atoms with Gasteiger partial charge in [-0.2, -0.15) is 0 Å². The molecule has 0 spiro atoms. The van der Waals surface area contributed by atoms with Crippen LogP contribution in [0.2, 0.25) is 0 Å². The minimum absolute atomic E-state index is 0.105. The van der Waals surface area contributed by atoms with Crippen LogP contribution in [0.5, 0.6) is 0 Å². The number of amides is 1. The second-order valence-corrected chi connectivity index (χ2v) is 8.13. The summed E-state index contributed by atoms with van der Waals surface area (Å²) in [4.78, 5) is 17.1. The monoisotopic (exact) mass is 365 g/mol. The molecule has 4 nitrogen and oxygen atoms in total. The average Bonchev–Trinajstić information content (AvgIpc) is 3.05. The molecule has 1 aromatic heterocycles. The number of anilines is 1. The lowest BCUT2D eigenvalue weighted by atomic mass is 9.92. The van der Waals surface area contributed by atoms with Gasteiger partial charge < -0.3 is 10.6 Å². The molecule has 5 heteroatoms. The van der Waals surface area contributed by atoms with Gasteiger partial charge in [-0.15, -0.1) is 11.3 Å². The maximum atomic E-state index is 12.4. The first-order chi connectivity index (χ1) is 12.7. The first-order valence-corrected chi connectivity index (χ1v) is 9.96. The predicted molar refractivity (Wildman–Crippen MR) is 108 cm³/mol. The summed E-state index contributed by atoms with van der Waals surface area (Å²) in [5.41, 5.74) is 3.14. The van der Waals surface area contributed by atoms with Crippen molar-refractivity contribution in [2.24, 2.45) is 5.92 Å². The fraction of sp³-hybridized carbons (Fsp3) is 0.333. The summed E-state index contributed by atoms with van der Waals surface area (Å²) >= 11 is 1.74. The summed E-state index contributed by atoms with van der Waals surface area (Å²) in [5, 5.41) is 7.57. The van der Waals surface area contributed by atoms with Gasteiger partial charge in [0.1, 0.15) is 0 Å². The number of hydrogen-bond acceptors (Lipinski definition) is 4. The normalized spacial score (nSPS) is 20.2. The fourth-order valence-electron chi connectivity index (χ4n) is 3.49. The number of para-hydroxylation sites is 1. The van der Waals surface area contributed by atoms with Crippen LogP contribution in [-0.4, -0.2) is 23.5 Å². The molecule has 0 aliphatic carbocycles. The predicted octanol–water partition coefficient (Wildman–Crippen LogP) is 4.21. The van der Waals surface area contributed by atoms with Crippen molar-refractivity contribution < 1.29 is 4.79 Å². The number of benzene rings is 2. The highest BCUT2D eigenvalue weighted by Gasteiger charge is 2.24. The van der Waals surface area contributed by atoms with Gasteiger partial charge in [-0.1, -0.05) is 24.3 Å². The lowest BCUT2D eigenvalue weighted by Gasteiger charge is -2.27. The minimum Gasteiger partial charge on any atom is -0.326 e. The van der Waals surface area contributed by atoms with Gasteiger partial charge in [0.2, 0.25) is 5.91 Å². The van der Waals surface area contributed by atoms with Gasteiger partial charge in [0.15, 0.2) is 0 Å². The zero-order valence-corrected chi connectivity index (χ0v) is 15.7. The number of rotatable bonds is 4. The second-order valence-electron chi connectivity index (χ2n) is 7.01. The van der Waals surface area contributed by atoms with Gasteiger partial charge in [0.05, 0.1) is 15.2 Å². The smallest absolute Gasteiger partial charge is 0.227 e. The van der Waals surface area contributed by atoms with Crippen molar-refractivity contribution in [3.63, 3.8) is 0 Å². The highest BCUT2D eigenvalue weighted by molar-refractivity contribution is 7.18. The Morgan fingerprint density at radius 2 is 2.04 bits per heavy atom. The molecule has 0 radical (unpaired) electrons. The van der Waals surface area contributed by atoms with Crippen molar-refractivity contribution in [3.05, 3.63) is 59.1 Å². The number of piperidine rings is 1. The van der Waals surface area contributed by atoms with Crippen LogP contribution in [0, 0.1) is 5.92 Å². The minimum atomic E-state index is 0.105. The van der Waals surface area contributed by atoms with E-state index in [0.29, 0.717) is 6.04 Å². The van der Waals surface area contributed by atoms with Crippen LogP contribution in [0.25, 0.3) is 10.2 Å². The van der Waals surface area contributed by atoms with Gasteiger partial charge in [0, 0.05) is 24.1 Å². The number of thiazole rings is 1. The summed E-state index contributed by atoms with van der Waals surface area (Å²) in [6.45, 7) is 3.05. The van der Waals surface area contributed by atoms with Gasteiger partial charge in [-0.25, -0.2) is 4.98 Å². The van der Waals surface area contributed by atoms with E-state index in [1.54, 1.807) is 11.3 Å². The van der Waals surface area contributed by atoms with E-state index in [0.717, 1.165) is 42.0 Å². The summed E-state index contributed by atoms with van der Waals surface area (Å²) in [6, 6.07) is 16.8. The Hall–Kier alpha value is -2.24. The van der Waals surface area contributed by atoms with Crippen molar-refractivity contribution in [1.82, 2.24) is 10.3 Å². The van der Waals surface area contributed by atoms with Gasteiger partial charge in [-0.05, 0) is 56.1 Å². The molecule has 3 aromatic rings. The molecule has 2 aromatic carbocycles. The zero-order valence-electron chi connectivity index (χ0n) is 14.9. The fourth-order valence-corrected chi connectivity index (χ4v) is 4.49. The van der Waals surface area contributed by atoms with Crippen molar-refractivity contribution in [2.75, 3.05) is 11.9 Å². The van der Waals surface area contributed by atoms with Crippen molar-refractivity contribution in [3.8, 4) is 0 Å². The van der Waals surface area contributed by atoms with E-state index in [4.69, 9.17) is 0 Å². The molecular weight excluding hydrogens is 342 g/mol. The first-order valence-electron chi connectivity index (χ1n) is 9.15. The number of carbonyl (C=O) groups is 1. The molecule has 1 aliphatic rings. The SMILES string of the molecule is C[C@H]1C[C@@H](C(=O)Nc2ccc(Cc3nc4ccccc4s3)cc2)CCN1. The molecule has 2 heterocycles. The Morgan fingerprint density at radius 1 is 1.23 bits per heavy atom. The molecule has 134 valence electrons. The number of carbonyl (C=O) groups excluding carboxylic acids is 1. The zero-order chi connectivity index (χ0) is 17.9. The third-order valence-electron chi connectivity index (χ3n) is 4.91. The van der Waals surface area contributed by atoms with E-state index >= 15 is 0 Å². The van der Waals surface area contributed by atoms with E-state index in [-0.39, 0.29) is 11.8 Å². The van der Waals surface area contributed by atoms with E-state index in [1.807, 2.05) is 24.3 Å². The largest absolute Gasteiger partial charge is 0.326 e. The third kappa shape index (κ3) is 3.94. The number of hydrogen-bond donors (Lipinski definition) is 2. The molecule has 4 rings (SSSR count). The number of fused-ring (bicyclic) bond motifs is 1. The quantitative estimate of drug-likeness (QED) is 0.728. The summed E-state index contributed by atoms with van der Waals surface area (Å²) in [7, 11) is 0. The van der Waals surface area contributed by atoms with E-state index in [9.17, 15) is 4.79 Å². The molecule has 1 aliphatic heterocycles. The van der Waals surface area contributed by atoms with Gasteiger partial charge in [-0.3, -0.25) is 4.79 Å². The average molecular weight is 366 g/mol. The molecule has 0 bridgehead atoms. The van der Waals surface area contributed by atoms with Crippen molar-refractivity contribution in [2.45, 2.75) is 32.2 Å². The topological polar surface area (TPSA) is 54.0 Å². The Morgan fingerprint density at radius 3 is 2.81 bits per heavy atom. The van der Waals surface area contributed by atoms with Crippen LogP contribution in [0.4, 0.5) is 5.69 Å². The second kappa shape index (κ2) is 7.56. The maximum Gasteiger partial charge on any atom is 0.227 e. The molecule has 2 atom stereocenters. The van der Waals surface area contributed by atoms with E-state index in [2.05, 4.69) is 46.8 Å².